The van der Waals surface area contributed by atoms with Crippen molar-refractivity contribution < 1.29 is 14.3 Å². The summed E-state index contributed by atoms with van der Waals surface area (Å²) in [4.78, 5) is 24.9. The highest BCUT2D eigenvalue weighted by atomic mass is 16.5. The lowest BCUT2D eigenvalue weighted by molar-refractivity contribution is -0.117. The molecule has 0 bridgehead atoms. The number of carbonyl (C=O) groups is 1. The third kappa shape index (κ3) is 2.22. The molecule has 5 nitrogen and oxygen atoms in total. The summed E-state index contributed by atoms with van der Waals surface area (Å²) >= 11 is 0. The number of anilines is 1. The Labute approximate surface area is 117 Å². The van der Waals surface area contributed by atoms with Gasteiger partial charge < -0.3 is 9.64 Å². The fourth-order valence-electron chi connectivity index (χ4n) is 2.79. The van der Waals surface area contributed by atoms with Crippen LogP contribution in [0, 0.1) is 5.92 Å². The van der Waals surface area contributed by atoms with E-state index in [2.05, 4.69) is 5.32 Å². The molecule has 2 saturated heterocycles. The van der Waals surface area contributed by atoms with Gasteiger partial charge in [0.15, 0.2) is 5.94 Å². The maximum Gasteiger partial charge on any atom is 0.288 e. The first-order valence-corrected chi connectivity index (χ1v) is 6.70. The molecule has 0 aromatic heterocycles. The number of rotatable bonds is 2. The topological polar surface area (TPSA) is 60.7 Å². The van der Waals surface area contributed by atoms with Gasteiger partial charge in [0.05, 0.1) is 19.2 Å². The van der Waals surface area contributed by atoms with Crippen LogP contribution in [-0.4, -0.2) is 37.6 Å². The van der Waals surface area contributed by atoms with Gasteiger partial charge in [-0.15, -0.1) is 0 Å². The van der Waals surface area contributed by atoms with Gasteiger partial charge in [0.2, 0.25) is 5.70 Å². The summed E-state index contributed by atoms with van der Waals surface area (Å²) in [5.41, 5.74) is 0.668. The van der Waals surface area contributed by atoms with Crippen LogP contribution in [0.4, 0.5) is 5.69 Å². The molecule has 20 heavy (non-hydrogen) atoms. The van der Waals surface area contributed by atoms with Crippen LogP contribution >= 0.6 is 0 Å². The molecule has 0 aliphatic carbocycles. The van der Waals surface area contributed by atoms with Gasteiger partial charge in [-0.2, -0.15) is 0 Å². The Morgan fingerprint density at radius 1 is 1.30 bits per heavy atom. The van der Waals surface area contributed by atoms with Crippen molar-refractivity contribution in [2.45, 2.75) is 12.5 Å². The predicted molar refractivity (Wildman–Crippen MR) is 72.8 cm³/mol. The van der Waals surface area contributed by atoms with Gasteiger partial charge in [0.1, 0.15) is 0 Å². The Bertz CT molecular complexity index is 545. The van der Waals surface area contributed by atoms with E-state index in [1.54, 1.807) is 10.8 Å². The van der Waals surface area contributed by atoms with Crippen molar-refractivity contribution in [3.63, 3.8) is 0 Å². The van der Waals surface area contributed by atoms with E-state index in [0.717, 1.165) is 12.1 Å². The van der Waals surface area contributed by atoms with Crippen LogP contribution in [-0.2, 0) is 14.3 Å². The standard InChI is InChI=1S/C15H15N2O3/c18-9-13-15(19)17(12-4-2-1-3-5-12)14(8-16-13)11-6-7-20-10-11/h1-5,11,14H,6-8,10H2/t11-,14?/m1/s1. The number of benzene rings is 1. The predicted octanol–water partition coefficient (Wildman–Crippen LogP) is 0.758. The van der Waals surface area contributed by atoms with E-state index >= 15 is 0 Å². The number of nitrogens with zero attached hydrogens (tertiary/aromatic N) is 2. The number of piperazine rings is 1. The molecule has 0 saturated carbocycles. The quantitative estimate of drug-likeness (QED) is 0.589. The second-order valence-corrected chi connectivity index (χ2v) is 4.99. The first kappa shape index (κ1) is 12.9. The molecule has 1 aromatic carbocycles. The van der Waals surface area contributed by atoms with Crippen LogP contribution in [0.15, 0.2) is 36.0 Å². The fraction of sp³-hybridized carbons (Fsp3) is 0.400. The highest BCUT2D eigenvalue weighted by Crippen LogP contribution is 2.29. The molecule has 5 heteroatoms. The highest BCUT2D eigenvalue weighted by molar-refractivity contribution is 6.11. The molecular formula is C15H15N2O3. The average Bonchev–Trinajstić information content (AvgIpc) is 3.02. The van der Waals surface area contributed by atoms with Crippen LogP contribution in [0.1, 0.15) is 6.42 Å². The van der Waals surface area contributed by atoms with Crippen molar-refractivity contribution in [3.8, 4) is 0 Å². The number of hydrogen-bond donors (Lipinski definition) is 0. The Morgan fingerprint density at radius 3 is 2.75 bits per heavy atom. The van der Waals surface area contributed by atoms with E-state index in [9.17, 15) is 9.59 Å². The summed E-state index contributed by atoms with van der Waals surface area (Å²) in [6.07, 6.45) is 0.914. The third-order valence-corrected chi connectivity index (χ3v) is 3.83. The fourth-order valence-corrected chi connectivity index (χ4v) is 2.79. The molecule has 1 amide bonds. The minimum atomic E-state index is -0.366. The smallest absolute Gasteiger partial charge is 0.288 e. The van der Waals surface area contributed by atoms with Crippen molar-refractivity contribution in [1.82, 2.24) is 5.32 Å². The van der Waals surface area contributed by atoms with Gasteiger partial charge in [-0.05, 0) is 18.6 Å². The van der Waals surface area contributed by atoms with E-state index in [4.69, 9.17) is 4.74 Å². The monoisotopic (exact) mass is 271 g/mol. The zero-order chi connectivity index (χ0) is 13.9. The molecule has 0 N–H and O–H groups in total. The van der Waals surface area contributed by atoms with Crippen molar-refractivity contribution in [1.29, 1.82) is 0 Å². The van der Waals surface area contributed by atoms with Gasteiger partial charge >= 0.3 is 0 Å². The molecule has 0 spiro atoms. The van der Waals surface area contributed by atoms with Gasteiger partial charge in [0, 0.05) is 18.2 Å². The van der Waals surface area contributed by atoms with Gasteiger partial charge in [-0.3, -0.25) is 10.1 Å². The molecule has 2 aliphatic rings. The van der Waals surface area contributed by atoms with E-state index < -0.39 is 0 Å². The first-order valence-electron chi connectivity index (χ1n) is 6.70. The molecule has 2 atom stereocenters. The normalized spacial score (nSPS) is 26.3. The van der Waals surface area contributed by atoms with Crippen molar-refractivity contribution >= 4 is 17.5 Å². The third-order valence-electron chi connectivity index (χ3n) is 3.83. The molecule has 3 rings (SSSR count). The van der Waals surface area contributed by atoms with Crippen LogP contribution in [0.3, 0.4) is 0 Å². The van der Waals surface area contributed by atoms with Crippen LogP contribution in [0.2, 0.25) is 0 Å². The lowest BCUT2D eigenvalue weighted by atomic mass is 9.94. The van der Waals surface area contributed by atoms with Crippen LogP contribution in [0.5, 0.6) is 0 Å². The van der Waals surface area contributed by atoms with Crippen molar-refractivity contribution in [3.05, 3.63) is 36.0 Å². The molecule has 103 valence electrons. The summed E-state index contributed by atoms with van der Waals surface area (Å²) in [6, 6.07) is 9.33. The minimum Gasteiger partial charge on any atom is -0.381 e. The molecule has 1 unspecified atom stereocenters. The van der Waals surface area contributed by atoms with Crippen molar-refractivity contribution in [2.24, 2.45) is 5.92 Å². The summed E-state index contributed by atoms with van der Waals surface area (Å²) in [5.74, 6) is 1.54. The minimum absolute atomic E-state index is 0.0514. The van der Waals surface area contributed by atoms with Gasteiger partial charge in [-0.1, -0.05) is 18.2 Å². The molecule has 1 radical (unpaired) electrons. The summed E-state index contributed by atoms with van der Waals surface area (Å²) in [7, 11) is 0. The van der Waals surface area contributed by atoms with Gasteiger partial charge in [0.25, 0.3) is 5.91 Å². The Kier molecular flexibility index (Phi) is 3.54. The van der Waals surface area contributed by atoms with Crippen molar-refractivity contribution in [2.75, 3.05) is 24.7 Å². The number of carbonyl (C=O) groups excluding carboxylic acids is 2. The lowest BCUT2D eigenvalue weighted by Crippen LogP contribution is -2.55. The second-order valence-electron chi connectivity index (χ2n) is 4.99. The molecule has 2 fully saturated rings. The Hall–Kier alpha value is -2.10. The maximum absolute atomic E-state index is 12.4. The average molecular weight is 271 g/mol. The number of amides is 1. The summed E-state index contributed by atoms with van der Waals surface area (Å²) < 4.78 is 5.42. The Balaban J connectivity index is 1.96. The van der Waals surface area contributed by atoms with Crippen LogP contribution in [0.25, 0.3) is 0 Å². The lowest BCUT2D eigenvalue weighted by Gasteiger charge is -2.38. The van der Waals surface area contributed by atoms with Crippen LogP contribution < -0.4 is 10.2 Å². The molecule has 2 heterocycles. The van der Waals surface area contributed by atoms with E-state index in [1.807, 2.05) is 30.3 Å². The van der Waals surface area contributed by atoms with Gasteiger partial charge in [-0.25, -0.2) is 4.79 Å². The highest BCUT2D eigenvalue weighted by Gasteiger charge is 2.40. The zero-order valence-electron chi connectivity index (χ0n) is 11.0. The maximum atomic E-state index is 12.4. The number of hydrogen-bond acceptors (Lipinski definition) is 3. The van der Waals surface area contributed by atoms with E-state index in [1.165, 1.54) is 0 Å². The number of para-hydroxylation sites is 1. The van der Waals surface area contributed by atoms with E-state index in [-0.39, 0.29) is 23.6 Å². The summed E-state index contributed by atoms with van der Waals surface area (Å²) in [5, 5.41) is 4.08. The molecular weight excluding hydrogens is 256 g/mol. The molecule has 2 aliphatic heterocycles. The number of ether oxygens (including phenoxy) is 1. The Morgan fingerprint density at radius 2 is 2.10 bits per heavy atom. The van der Waals surface area contributed by atoms with E-state index in [0.29, 0.717) is 19.8 Å². The first-order chi connectivity index (χ1) is 9.81. The SMILES string of the molecule is O=C=C1[N]CC([C@@H]2CCOC2)N(c2ccccc2)C1=O. The molecule has 1 aromatic rings. The summed E-state index contributed by atoms with van der Waals surface area (Å²) in [6.45, 7) is 1.78. The second kappa shape index (κ2) is 5.49. The largest absolute Gasteiger partial charge is 0.381 e. The zero-order valence-corrected chi connectivity index (χ0v) is 11.0.